The molecule has 0 N–H and O–H groups in total. The molecule has 0 amide bonds. The van der Waals surface area contributed by atoms with Crippen molar-refractivity contribution >= 4 is 0 Å². The van der Waals surface area contributed by atoms with Crippen LogP contribution in [0.3, 0.4) is 0 Å². The van der Waals surface area contributed by atoms with Crippen LogP contribution in [0.25, 0.3) is 14.5 Å². The second kappa shape index (κ2) is 19.6. The maximum absolute atomic E-state index is 7.50. The van der Waals surface area contributed by atoms with Gasteiger partial charge in [0.15, 0.2) is 0 Å². The van der Waals surface area contributed by atoms with E-state index in [1.807, 2.05) is 93.0 Å². The zero-order valence-corrected chi connectivity index (χ0v) is 19.0. The largest absolute Gasteiger partial charge is 0.0767 e. The average Bonchev–Trinajstić information content (AvgIpc) is 3.08. The summed E-state index contributed by atoms with van der Waals surface area (Å²) in [5, 5.41) is 0. The Morgan fingerprint density at radius 3 is 0.731 bits per heavy atom. The third-order valence-corrected chi connectivity index (χ3v) is 1.56. The van der Waals surface area contributed by atoms with E-state index < -0.39 is 0 Å². The van der Waals surface area contributed by atoms with Crippen molar-refractivity contribution in [2.45, 2.75) is 78.9 Å². The fraction of sp³-hybridized carbons (Fsp3) is 0.571. The van der Waals surface area contributed by atoms with Crippen LogP contribution in [0.5, 0.6) is 0 Å². The molecule has 0 aromatic carbocycles. The molecule has 0 atom stereocenters. The number of rotatable bonds is 0. The summed E-state index contributed by atoms with van der Waals surface area (Å²) in [6.07, 6.45) is 10.0. The molecule has 0 bridgehead atoms. The van der Waals surface area contributed by atoms with E-state index in [-0.39, 0.29) is 35.2 Å². The van der Waals surface area contributed by atoms with Crippen molar-refractivity contribution in [3.8, 4) is 0 Å². The molecule has 1 aliphatic rings. The molecule has 0 unspecified atom stereocenters. The maximum Gasteiger partial charge on any atom is 0.00506 e. The molecule has 0 aliphatic heterocycles. The summed E-state index contributed by atoms with van der Waals surface area (Å²) in [5.74, 6) is 0. The van der Waals surface area contributed by atoms with Crippen molar-refractivity contribution < 1.29 is 23.2 Å². The monoisotopic (exact) mass is 393 g/mol. The fourth-order valence-corrected chi connectivity index (χ4v) is 0.321. The normalized spacial score (nSPS) is 10.6. The van der Waals surface area contributed by atoms with Gasteiger partial charge in [-0.2, -0.15) is 0 Å². The first-order valence-electron chi connectivity index (χ1n) is 7.71. The van der Waals surface area contributed by atoms with Gasteiger partial charge in [-0.1, -0.05) is 24.3 Å². The predicted molar refractivity (Wildman–Crippen MR) is 106 cm³/mol. The van der Waals surface area contributed by atoms with Crippen LogP contribution in [0.1, 0.15) is 62.3 Å². The number of allylic oxidation sites excluding steroid dienone is 4. The molecule has 1 rings (SSSR count). The van der Waals surface area contributed by atoms with E-state index in [0.717, 1.165) is 0 Å². The first-order valence-corrected chi connectivity index (χ1v) is 7.71. The second-order valence-electron chi connectivity index (χ2n) is 7.81. The standard InChI is InChI=1S/3C5H9N.C5H5.CO.V/c3*1-5(2,3)6-4;1-2-4-5-3-1;1-2;/h3*1-3H3;1-5H;;. The van der Waals surface area contributed by atoms with E-state index in [4.69, 9.17) is 24.4 Å². The topological polar surface area (TPSA) is 33.0 Å². The molecule has 142 valence electrons. The molecule has 0 heterocycles. The van der Waals surface area contributed by atoms with Crippen LogP contribution in [0.2, 0.25) is 0 Å². The van der Waals surface area contributed by atoms with E-state index in [0.29, 0.717) is 0 Å². The summed E-state index contributed by atoms with van der Waals surface area (Å²) in [5.41, 5.74) is -0.500. The van der Waals surface area contributed by atoms with Gasteiger partial charge in [-0.15, -0.1) is 0 Å². The number of hydrogen-bond acceptors (Lipinski definition) is 0. The van der Waals surface area contributed by atoms with E-state index in [9.17, 15) is 0 Å². The van der Waals surface area contributed by atoms with Crippen LogP contribution >= 0.6 is 0 Å². The Labute approximate surface area is 173 Å². The molecule has 0 saturated carbocycles. The fourth-order valence-electron chi connectivity index (χ4n) is 0.321. The van der Waals surface area contributed by atoms with Crippen molar-refractivity contribution in [3.63, 3.8) is 0 Å². The number of nitrogens with zero attached hydrogens (tertiary/aromatic N) is 3. The van der Waals surface area contributed by atoms with E-state index in [1.54, 1.807) is 0 Å². The van der Waals surface area contributed by atoms with Crippen LogP contribution < -0.4 is 0 Å². The minimum absolute atomic E-state index is 0. The van der Waals surface area contributed by atoms with Gasteiger partial charge in [-0.25, -0.2) is 19.7 Å². The first kappa shape index (κ1) is 35.4. The maximum atomic E-state index is 7.50. The number of hydrogen-bond donors (Lipinski definition) is 0. The molecular formula is C21H32N3OV. The zero-order chi connectivity index (χ0) is 21.2. The van der Waals surface area contributed by atoms with Crippen molar-refractivity contribution in [1.82, 2.24) is 0 Å². The molecule has 0 fully saturated rings. The van der Waals surface area contributed by atoms with E-state index >= 15 is 0 Å². The zero-order valence-electron chi connectivity index (χ0n) is 17.6. The van der Waals surface area contributed by atoms with Crippen molar-refractivity contribution in [2.24, 2.45) is 0 Å². The Balaban J connectivity index is -0.0000000721. The summed E-state index contributed by atoms with van der Waals surface area (Å²) in [4.78, 5) is 9.81. The molecule has 2 radical (unpaired) electrons. The Morgan fingerprint density at radius 2 is 0.692 bits per heavy atom. The van der Waals surface area contributed by atoms with Crippen LogP contribution in [-0.4, -0.2) is 16.6 Å². The van der Waals surface area contributed by atoms with E-state index in [1.165, 1.54) is 0 Å². The van der Waals surface area contributed by atoms with Gasteiger partial charge in [0.05, 0.1) is 0 Å². The van der Waals surface area contributed by atoms with Crippen LogP contribution in [0.15, 0.2) is 24.3 Å². The molecule has 0 aromatic heterocycles. The minimum atomic E-state index is -0.167. The summed E-state index contributed by atoms with van der Waals surface area (Å²) in [6.45, 7) is 40.9. The Hall–Kier alpha value is -1.73. The van der Waals surface area contributed by atoms with Crippen LogP contribution in [0.4, 0.5) is 0 Å². The van der Waals surface area contributed by atoms with Gasteiger partial charge < -0.3 is 14.5 Å². The second-order valence-corrected chi connectivity index (χ2v) is 7.81. The third-order valence-electron chi connectivity index (χ3n) is 1.56. The molecular weight excluding hydrogens is 361 g/mol. The summed E-state index contributed by atoms with van der Waals surface area (Å²) < 4.78 is 7.50. The molecule has 5 heteroatoms. The average molecular weight is 393 g/mol. The Bertz CT molecular complexity index is 453. The predicted octanol–water partition coefficient (Wildman–Crippen LogP) is 6.39. The quantitative estimate of drug-likeness (QED) is 0.338. The van der Waals surface area contributed by atoms with Crippen molar-refractivity contribution in [3.05, 3.63) is 71.6 Å². The van der Waals surface area contributed by atoms with Gasteiger partial charge in [0.1, 0.15) is 0 Å². The molecule has 0 aromatic rings. The van der Waals surface area contributed by atoms with Gasteiger partial charge in [0, 0.05) is 87.3 Å². The van der Waals surface area contributed by atoms with Gasteiger partial charge in [0.2, 0.25) is 16.6 Å². The van der Waals surface area contributed by atoms with Crippen molar-refractivity contribution in [1.29, 1.82) is 0 Å². The molecule has 1 aliphatic carbocycles. The molecule has 0 spiro atoms. The first-order chi connectivity index (χ1) is 11.2. The van der Waals surface area contributed by atoms with Crippen LogP contribution in [-0.2, 0) is 23.2 Å². The van der Waals surface area contributed by atoms with Gasteiger partial charge in [-0.05, 0) is 0 Å². The SMILES string of the molecule is [C-]#[N+]C(C)(C)C.[C-]#[N+]C(C)(C)C.[C-]#[N+]C(C)(C)C.[C-]#[O+].[CH]1C=CC=C1.[V]. The summed E-state index contributed by atoms with van der Waals surface area (Å²) in [7, 11) is 0. The van der Waals surface area contributed by atoms with E-state index in [2.05, 4.69) is 21.2 Å². The molecule has 4 nitrogen and oxygen atoms in total. The minimum Gasteiger partial charge on any atom is -0.0767 e. The molecule has 0 saturated heterocycles. The Kier molecular flexibility index (Phi) is 26.7. The van der Waals surface area contributed by atoms with Crippen molar-refractivity contribution in [2.75, 3.05) is 0 Å². The van der Waals surface area contributed by atoms with Gasteiger partial charge in [-0.3, -0.25) is 0 Å². The molecule has 26 heavy (non-hydrogen) atoms. The Morgan fingerprint density at radius 1 is 0.538 bits per heavy atom. The van der Waals surface area contributed by atoms with Gasteiger partial charge >= 0.3 is 11.3 Å². The van der Waals surface area contributed by atoms with Crippen LogP contribution in [0, 0.1) is 32.8 Å². The summed E-state index contributed by atoms with van der Waals surface area (Å²) >= 11 is 0. The summed E-state index contributed by atoms with van der Waals surface area (Å²) in [6, 6.07) is 0. The third kappa shape index (κ3) is 66.9. The van der Waals surface area contributed by atoms with Gasteiger partial charge in [0.25, 0.3) is 0 Å². The smallest absolute Gasteiger partial charge is 0.00506 e.